The standard InChI is InChI=1S/C13H11BrN4O/c1-8-12(18-7-19-8)6-16-10-2-3-15-11-4-9(14)5-17-13(10)11/h2-5,7H,6H2,1H3,(H,15,16). The van der Waals surface area contributed by atoms with E-state index in [0.717, 1.165) is 32.6 Å². The average molecular weight is 319 g/mol. The number of fused-ring (bicyclic) bond motifs is 1. The molecule has 6 heteroatoms. The molecule has 3 heterocycles. The van der Waals surface area contributed by atoms with Gasteiger partial charge in [0.25, 0.3) is 0 Å². The molecular formula is C13H11BrN4O. The molecule has 3 aromatic heterocycles. The highest BCUT2D eigenvalue weighted by molar-refractivity contribution is 9.10. The Bertz CT molecular complexity index is 725. The van der Waals surface area contributed by atoms with E-state index in [9.17, 15) is 0 Å². The van der Waals surface area contributed by atoms with Crippen LogP contribution < -0.4 is 5.32 Å². The van der Waals surface area contributed by atoms with Crippen molar-refractivity contribution in [2.24, 2.45) is 0 Å². The summed E-state index contributed by atoms with van der Waals surface area (Å²) < 4.78 is 6.08. The van der Waals surface area contributed by atoms with Gasteiger partial charge in [-0.3, -0.25) is 9.97 Å². The molecule has 3 aromatic rings. The van der Waals surface area contributed by atoms with E-state index in [1.807, 2.05) is 19.1 Å². The number of aromatic nitrogens is 3. The van der Waals surface area contributed by atoms with Crippen molar-refractivity contribution >= 4 is 32.7 Å². The lowest BCUT2D eigenvalue weighted by Gasteiger charge is -2.07. The first kappa shape index (κ1) is 12.1. The number of nitrogens with zero attached hydrogens (tertiary/aromatic N) is 3. The zero-order chi connectivity index (χ0) is 13.2. The van der Waals surface area contributed by atoms with Crippen LogP contribution in [-0.2, 0) is 6.54 Å². The van der Waals surface area contributed by atoms with Crippen LogP contribution in [0, 0.1) is 6.92 Å². The molecule has 0 radical (unpaired) electrons. The Morgan fingerprint density at radius 2 is 2.21 bits per heavy atom. The van der Waals surface area contributed by atoms with Crippen LogP contribution in [0.25, 0.3) is 11.0 Å². The smallest absolute Gasteiger partial charge is 0.181 e. The normalized spacial score (nSPS) is 10.8. The van der Waals surface area contributed by atoms with E-state index in [2.05, 4.69) is 36.2 Å². The van der Waals surface area contributed by atoms with Crippen LogP contribution >= 0.6 is 15.9 Å². The number of oxazole rings is 1. The van der Waals surface area contributed by atoms with Crippen molar-refractivity contribution < 1.29 is 4.42 Å². The summed E-state index contributed by atoms with van der Waals surface area (Å²) in [7, 11) is 0. The van der Waals surface area contributed by atoms with E-state index < -0.39 is 0 Å². The predicted octanol–water partition coefficient (Wildman–Crippen LogP) is 3.30. The molecule has 0 amide bonds. The lowest BCUT2D eigenvalue weighted by molar-refractivity contribution is 0.524. The van der Waals surface area contributed by atoms with Crippen molar-refractivity contribution in [1.29, 1.82) is 0 Å². The molecule has 0 atom stereocenters. The molecular weight excluding hydrogens is 308 g/mol. The highest BCUT2D eigenvalue weighted by Crippen LogP contribution is 2.22. The maximum atomic E-state index is 5.17. The van der Waals surface area contributed by atoms with E-state index in [1.54, 1.807) is 12.4 Å². The number of aryl methyl sites for hydroxylation is 1. The highest BCUT2D eigenvalue weighted by Gasteiger charge is 2.06. The maximum absolute atomic E-state index is 5.17. The third kappa shape index (κ3) is 2.44. The number of halogens is 1. The van der Waals surface area contributed by atoms with Crippen LogP contribution in [0.1, 0.15) is 11.5 Å². The second-order valence-corrected chi connectivity index (χ2v) is 5.00. The van der Waals surface area contributed by atoms with Crippen molar-refractivity contribution in [2.75, 3.05) is 5.32 Å². The summed E-state index contributed by atoms with van der Waals surface area (Å²) in [5.41, 5.74) is 3.50. The maximum Gasteiger partial charge on any atom is 0.181 e. The molecule has 0 fully saturated rings. The minimum Gasteiger partial charge on any atom is -0.448 e. The third-order valence-electron chi connectivity index (χ3n) is 2.83. The first-order valence-electron chi connectivity index (χ1n) is 5.77. The van der Waals surface area contributed by atoms with Gasteiger partial charge in [-0.2, -0.15) is 0 Å². The summed E-state index contributed by atoms with van der Waals surface area (Å²) in [4.78, 5) is 12.8. The first-order valence-corrected chi connectivity index (χ1v) is 6.56. The second-order valence-electron chi connectivity index (χ2n) is 4.09. The average Bonchev–Trinajstić information content (AvgIpc) is 2.81. The Hall–Kier alpha value is -1.95. The van der Waals surface area contributed by atoms with E-state index in [0.29, 0.717) is 6.54 Å². The Morgan fingerprint density at radius 3 is 3.00 bits per heavy atom. The van der Waals surface area contributed by atoms with Crippen LogP contribution in [0.15, 0.2) is 39.8 Å². The first-order chi connectivity index (χ1) is 9.24. The van der Waals surface area contributed by atoms with Gasteiger partial charge in [-0.1, -0.05) is 0 Å². The second kappa shape index (κ2) is 4.97. The summed E-state index contributed by atoms with van der Waals surface area (Å²) in [5.74, 6) is 0.821. The van der Waals surface area contributed by atoms with Gasteiger partial charge in [-0.25, -0.2) is 4.98 Å². The summed E-state index contributed by atoms with van der Waals surface area (Å²) in [5, 5.41) is 3.31. The topological polar surface area (TPSA) is 63.8 Å². The predicted molar refractivity (Wildman–Crippen MR) is 75.8 cm³/mol. The summed E-state index contributed by atoms with van der Waals surface area (Å²) in [6.07, 6.45) is 4.97. The number of anilines is 1. The van der Waals surface area contributed by atoms with Gasteiger partial charge >= 0.3 is 0 Å². The fourth-order valence-electron chi connectivity index (χ4n) is 1.83. The number of hydrogen-bond donors (Lipinski definition) is 1. The Balaban J connectivity index is 1.91. The number of pyridine rings is 2. The molecule has 0 saturated carbocycles. The highest BCUT2D eigenvalue weighted by atomic mass is 79.9. The fourth-order valence-corrected chi connectivity index (χ4v) is 2.14. The third-order valence-corrected chi connectivity index (χ3v) is 3.27. The molecule has 1 N–H and O–H groups in total. The molecule has 96 valence electrons. The van der Waals surface area contributed by atoms with Crippen LogP contribution in [0.4, 0.5) is 5.69 Å². The van der Waals surface area contributed by atoms with Crippen LogP contribution in [-0.4, -0.2) is 15.0 Å². The molecule has 19 heavy (non-hydrogen) atoms. The largest absolute Gasteiger partial charge is 0.448 e. The minimum atomic E-state index is 0.596. The van der Waals surface area contributed by atoms with Crippen LogP contribution in [0.3, 0.4) is 0 Å². The molecule has 0 aromatic carbocycles. The van der Waals surface area contributed by atoms with E-state index in [1.165, 1.54) is 6.39 Å². The molecule has 0 saturated heterocycles. The quantitative estimate of drug-likeness (QED) is 0.802. The molecule has 0 aliphatic carbocycles. The number of nitrogens with one attached hydrogen (secondary N) is 1. The molecule has 5 nitrogen and oxygen atoms in total. The van der Waals surface area contributed by atoms with Gasteiger partial charge in [0.2, 0.25) is 0 Å². The number of hydrogen-bond acceptors (Lipinski definition) is 5. The Kier molecular flexibility index (Phi) is 3.16. The molecule has 0 bridgehead atoms. The van der Waals surface area contributed by atoms with Crippen molar-refractivity contribution in [3.63, 3.8) is 0 Å². The van der Waals surface area contributed by atoms with Gasteiger partial charge in [0, 0.05) is 16.9 Å². The number of rotatable bonds is 3. The van der Waals surface area contributed by atoms with Gasteiger partial charge in [-0.05, 0) is 35.0 Å². The Labute approximate surface area is 118 Å². The van der Waals surface area contributed by atoms with Gasteiger partial charge in [0.15, 0.2) is 6.39 Å². The summed E-state index contributed by atoms with van der Waals surface area (Å²) in [6, 6.07) is 3.84. The van der Waals surface area contributed by atoms with Crippen LogP contribution in [0.2, 0.25) is 0 Å². The van der Waals surface area contributed by atoms with Gasteiger partial charge < -0.3 is 9.73 Å². The van der Waals surface area contributed by atoms with E-state index in [4.69, 9.17) is 4.42 Å². The summed E-state index contributed by atoms with van der Waals surface area (Å²) in [6.45, 7) is 2.49. The minimum absolute atomic E-state index is 0.596. The molecule has 0 unspecified atom stereocenters. The lowest BCUT2D eigenvalue weighted by Crippen LogP contribution is -2.02. The molecule has 0 aliphatic heterocycles. The monoisotopic (exact) mass is 318 g/mol. The molecule has 3 rings (SSSR count). The Morgan fingerprint density at radius 1 is 1.32 bits per heavy atom. The SMILES string of the molecule is Cc1ocnc1CNc1ccnc2cc(Br)cnc12. The fraction of sp³-hybridized carbons (Fsp3) is 0.154. The van der Waals surface area contributed by atoms with Crippen molar-refractivity contribution in [3.8, 4) is 0 Å². The molecule has 0 spiro atoms. The lowest BCUT2D eigenvalue weighted by atomic mass is 10.2. The van der Waals surface area contributed by atoms with E-state index in [-0.39, 0.29) is 0 Å². The van der Waals surface area contributed by atoms with Crippen molar-refractivity contribution in [1.82, 2.24) is 15.0 Å². The molecule has 0 aliphatic rings. The zero-order valence-electron chi connectivity index (χ0n) is 10.2. The van der Waals surface area contributed by atoms with Crippen molar-refractivity contribution in [2.45, 2.75) is 13.5 Å². The van der Waals surface area contributed by atoms with E-state index >= 15 is 0 Å². The van der Waals surface area contributed by atoms with Gasteiger partial charge in [0.05, 0.1) is 17.7 Å². The van der Waals surface area contributed by atoms with Gasteiger partial charge in [-0.15, -0.1) is 0 Å². The van der Waals surface area contributed by atoms with Gasteiger partial charge in [0.1, 0.15) is 17.0 Å². The summed E-state index contributed by atoms with van der Waals surface area (Å²) >= 11 is 3.39. The van der Waals surface area contributed by atoms with Crippen molar-refractivity contribution in [3.05, 3.63) is 46.8 Å². The van der Waals surface area contributed by atoms with Crippen LogP contribution in [0.5, 0.6) is 0 Å². The zero-order valence-corrected chi connectivity index (χ0v) is 11.8.